The van der Waals surface area contributed by atoms with E-state index in [1.807, 2.05) is 20.9 Å². The van der Waals surface area contributed by atoms with Gasteiger partial charge < -0.3 is 14.3 Å². The van der Waals surface area contributed by atoms with E-state index >= 15 is 0 Å². The highest BCUT2D eigenvalue weighted by Crippen LogP contribution is 2.35. The first kappa shape index (κ1) is 24.0. The zero-order chi connectivity index (χ0) is 25.5. The number of benzene rings is 2. The van der Waals surface area contributed by atoms with E-state index in [1.54, 1.807) is 18.5 Å². The minimum absolute atomic E-state index is 0.0522. The summed E-state index contributed by atoms with van der Waals surface area (Å²) in [6.07, 6.45) is 2.74. The predicted molar refractivity (Wildman–Crippen MR) is 137 cm³/mol. The molecule has 1 amide bonds. The summed E-state index contributed by atoms with van der Waals surface area (Å²) in [6.45, 7) is 1.53. The highest BCUT2D eigenvalue weighted by atomic mass is 35.5. The van der Waals surface area contributed by atoms with Crippen molar-refractivity contribution in [2.24, 2.45) is 5.16 Å². The number of fused-ring (bicyclic) bond motifs is 1. The molecule has 4 heterocycles. The van der Waals surface area contributed by atoms with E-state index in [0.29, 0.717) is 29.5 Å². The molecule has 0 bridgehead atoms. The summed E-state index contributed by atoms with van der Waals surface area (Å²) in [5.41, 5.74) is 2.78. The molecule has 37 heavy (non-hydrogen) atoms. The number of piperidine rings is 1. The molecule has 0 N–H and O–H groups in total. The second kappa shape index (κ2) is 9.83. The second-order valence-corrected chi connectivity index (χ2v) is 10.5. The number of carbonyl (C=O) groups is 1. The fourth-order valence-corrected chi connectivity index (χ4v) is 6.06. The Kier molecular flexibility index (Phi) is 6.37. The van der Waals surface area contributed by atoms with Crippen molar-refractivity contribution in [1.82, 2.24) is 19.4 Å². The zero-order valence-electron chi connectivity index (χ0n) is 19.6. The van der Waals surface area contributed by atoms with Crippen LogP contribution in [0.4, 0.5) is 8.78 Å². The van der Waals surface area contributed by atoms with Gasteiger partial charge in [0.25, 0.3) is 0 Å². The second-order valence-electron chi connectivity index (χ2n) is 9.20. The van der Waals surface area contributed by atoms with Crippen LogP contribution in [0, 0.1) is 11.6 Å². The lowest BCUT2D eigenvalue weighted by Gasteiger charge is -2.31. The van der Waals surface area contributed by atoms with Gasteiger partial charge in [-0.15, -0.1) is 11.3 Å². The van der Waals surface area contributed by atoms with Gasteiger partial charge in [-0.1, -0.05) is 22.8 Å². The average Bonchev–Trinajstić information content (AvgIpc) is 3.64. The summed E-state index contributed by atoms with van der Waals surface area (Å²) >= 11 is 7.57. The van der Waals surface area contributed by atoms with Crippen LogP contribution < -0.4 is 0 Å². The van der Waals surface area contributed by atoms with Gasteiger partial charge in [0.15, 0.2) is 6.10 Å². The molecule has 4 aromatic rings. The van der Waals surface area contributed by atoms with Crippen molar-refractivity contribution in [3.8, 4) is 0 Å². The lowest BCUT2D eigenvalue weighted by atomic mass is 9.97. The number of halogens is 3. The Labute approximate surface area is 220 Å². The summed E-state index contributed by atoms with van der Waals surface area (Å²) in [4.78, 5) is 29.3. The number of rotatable bonds is 5. The number of hydrogen-bond donors (Lipinski definition) is 0. The van der Waals surface area contributed by atoms with E-state index in [9.17, 15) is 13.6 Å². The third kappa shape index (κ3) is 4.71. The van der Waals surface area contributed by atoms with Gasteiger partial charge in [-0.25, -0.2) is 18.7 Å². The van der Waals surface area contributed by atoms with E-state index in [4.69, 9.17) is 21.4 Å². The summed E-state index contributed by atoms with van der Waals surface area (Å²) in [5.74, 6) is -1.00. The first-order valence-corrected chi connectivity index (χ1v) is 13.2. The van der Waals surface area contributed by atoms with E-state index < -0.39 is 17.7 Å². The molecule has 6 rings (SSSR count). The third-order valence-electron chi connectivity index (χ3n) is 6.89. The van der Waals surface area contributed by atoms with Gasteiger partial charge in [-0.3, -0.25) is 4.79 Å². The molecule has 2 aromatic carbocycles. The first-order chi connectivity index (χ1) is 18.0. The van der Waals surface area contributed by atoms with Crippen molar-refractivity contribution in [3.05, 3.63) is 81.0 Å². The van der Waals surface area contributed by atoms with Crippen LogP contribution in [0.15, 0.2) is 53.3 Å². The van der Waals surface area contributed by atoms with Crippen LogP contribution in [0.1, 0.15) is 47.5 Å². The Balaban J connectivity index is 1.06. The fraction of sp³-hybridized carbons (Fsp3) is 0.308. The molecule has 0 radical (unpaired) electrons. The number of hydrogen-bond acceptors (Lipinski definition) is 6. The van der Waals surface area contributed by atoms with E-state index in [1.165, 1.54) is 29.5 Å². The number of amides is 1. The number of carbonyl (C=O) groups excluding carboxylic acids is 1. The first-order valence-electron chi connectivity index (χ1n) is 12.0. The Bertz CT molecular complexity index is 1490. The molecule has 190 valence electrons. The predicted octanol–water partition coefficient (Wildman–Crippen LogP) is 5.70. The van der Waals surface area contributed by atoms with E-state index in [2.05, 4.69) is 10.1 Å². The molecule has 0 spiro atoms. The number of aromatic nitrogens is 3. The number of likely N-dealkylation sites (tertiary alicyclic amines) is 1. The Morgan fingerprint density at radius 3 is 2.73 bits per heavy atom. The molecule has 2 aliphatic heterocycles. The average molecular weight is 542 g/mol. The molecule has 1 saturated heterocycles. The SMILES string of the molecule is O=C(Cn1cnc2cc(Cl)ccc21)N1CCC(c2nc(C3=NOC(c4c(F)cccc4F)C3)cs2)CC1. The van der Waals surface area contributed by atoms with Crippen LogP contribution in [-0.2, 0) is 16.2 Å². The molecular formula is C26H22ClF2N5O2S. The van der Waals surface area contributed by atoms with Gasteiger partial charge in [0, 0.05) is 35.8 Å². The molecule has 2 aromatic heterocycles. The molecule has 0 aliphatic carbocycles. The zero-order valence-corrected chi connectivity index (χ0v) is 21.2. The number of oxime groups is 1. The van der Waals surface area contributed by atoms with Gasteiger partial charge in [-0.05, 0) is 43.2 Å². The maximum atomic E-state index is 14.1. The van der Waals surface area contributed by atoms with Gasteiger partial charge in [0.1, 0.15) is 23.9 Å². The lowest BCUT2D eigenvalue weighted by molar-refractivity contribution is -0.132. The Hall–Kier alpha value is -3.37. The molecule has 1 fully saturated rings. The highest BCUT2D eigenvalue weighted by Gasteiger charge is 2.31. The molecule has 1 atom stereocenters. The molecule has 11 heteroatoms. The van der Waals surface area contributed by atoms with Crippen LogP contribution in [0.3, 0.4) is 0 Å². The van der Waals surface area contributed by atoms with Crippen molar-refractivity contribution < 1.29 is 18.4 Å². The summed E-state index contributed by atoms with van der Waals surface area (Å²) in [6, 6.07) is 9.21. The van der Waals surface area contributed by atoms with Crippen LogP contribution in [0.2, 0.25) is 5.02 Å². The quantitative estimate of drug-likeness (QED) is 0.325. The van der Waals surface area contributed by atoms with Gasteiger partial charge in [0.05, 0.1) is 33.6 Å². The minimum atomic E-state index is -0.805. The normalized spacial score (nSPS) is 18.3. The maximum Gasteiger partial charge on any atom is 0.242 e. The summed E-state index contributed by atoms with van der Waals surface area (Å²) in [5, 5.41) is 7.56. The summed E-state index contributed by atoms with van der Waals surface area (Å²) < 4.78 is 30.1. The molecule has 7 nitrogen and oxygen atoms in total. The molecule has 0 saturated carbocycles. The lowest BCUT2D eigenvalue weighted by Crippen LogP contribution is -2.39. The Morgan fingerprint density at radius 2 is 1.95 bits per heavy atom. The van der Waals surface area contributed by atoms with E-state index in [-0.39, 0.29) is 30.4 Å². The third-order valence-corrected chi connectivity index (χ3v) is 8.14. The minimum Gasteiger partial charge on any atom is -0.387 e. The van der Waals surface area contributed by atoms with Crippen LogP contribution in [0.25, 0.3) is 11.0 Å². The molecule has 1 unspecified atom stereocenters. The van der Waals surface area contributed by atoms with Crippen LogP contribution in [0.5, 0.6) is 0 Å². The van der Waals surface area contributed by atoms with Crippen LogP contribution >= 0.6 is 22.9 Å². The van der Waals surface area contributed by atoms with Gasteiger partial charge >= 0.3 is 0 Å². The maximum absolute atomic E-state index is 14.1. The Morgan fingerprint density at radius 1 is 1.16 bits per heavy atom. The van der Waals surface area contributed by atoms with Gasteiger partial charge in [0.2, 0.25) is 5.91 Å². The van der Waals surface area contributed by atoms with Crippen molar-refractivity contribution in [2.75, 3.05) is 13.1 Å². The smallest absolute Gasteiger partial charge is 0.242 e. The number of imidazole rings is 1. The van der Waals surface area contributed by atoms with Crippen LogP contribution in [-0.4, -0.2) is 44.1 Å². The molecule has 2 aliphatic rings. The van der Waals surface area contributed by atoms with Crippen molar-refractivity contribution in [3.63, 3.8) is 0 Å². The van der Waals surface area contributed by atoms with Gasteiger partial charge in [-0.2, -0.15) is 0 Å². The standard InChI is InChI=1S/C26H22ClF2N5O2S/c27-16-4-5-22-20(10-16)30-14-34(22)12-24(35)33-8-6-15(7-9-33)26-31-21(13-37-26)19-11-23(36-32-19)25-17(28)2-1-3-18(25)29/h1-5,10,13-15,23H,6-9,11-12H2. The topological polar surface area (TPSA) is 72.6 Å². The molecular weight excluding hydrogens is 520 g/mol. The van der Waals surface area contributed by atoms with Crippen molar-refractivity contribution >= 4 is 45.6 Å². The highest BCUT2D eigenvalue weighted by molar-refractivity contribution is 7.10. The van der Waals surface area contributed by atoms with E-state index in [0.717, 1.165) is 28.9 Å². The summed E-state index contributed by atoms with van der Waals surface area (Å²) in [7, 11) is 0. The largest absolute Gasteiger partial charge is 0.387 e. The monoisotopic (exact) mass is 541 g/mol. The fourth-order valence-electron chi connectivity index (χ4n) is 4.89. The van der Waals surface area contributed by atoms with Crippen molar-refractivity contribution in [2.45, 2.75) is 37.8 Å². The number of thiazole rings is 1. The number of nitrogens with zero attached hydrogens (tertiary/aromatic N) is 5. The van der Waals surface area contributed by atoms with Crippen molar-refractivity contribution in [1.29, 1.82) is 0 Å².